The first-order chi connectivity index (χ1) is 10.3. The van der Waals surface area contributed by atoms with E-state index in [1.807, 2.05) is 0 Å². The van der Waals surface area contributed by atoms with Gasteiger partial charge in [0.2, 0.25) is 5.56 Å². The number of aliphatic hydroxyl groups is 1. The lowest BCUT2D eigenvalue weighted by Crippen LogP contribution is -2.28. The highest BCUT2D eigenvalue weighted by atomic mass is 19.4. The van der Waals surface area contributed by atoms with E-state index >= 15 is 0 Å². The Hall–Kier alpha value is -1.82. The number of rotatable bonds is 1. The summed E-state index contributed by atoms with van der Waals surface area (Å²) in [6.07, 6.45) is -0.789. The summed E-state index contributed by atoms with van der Waals surface area (Å²) in [6, 6.07) is 4.97. The minimum atomic E-state index is -4.61. The van der Waals surface area contributed by atoms with Crippen molar-refractivity contribution in [2.24, 2.45) is 0 Å². The third kappa shape index (κ3) is 2.63. The van der Waals surface area contributed by atoms with E-state index in [2.05, 4.69) is 4.98 Å². The van der Waals surface area contributed by atoms with Crippen molar-refractivity contribution in [3.05, 3.63) is 45.7 Å². The molecule has 0 bridgehead atoms. The lowest BCUT2D eigenvalue weighted by atomic mass is 9.79. The second-order valence-electron chi connectivity index (χ2n) is 5.90. The van der Waals surface area contributed by atoms with Crippen molar-refractivity contribution >= 4 is 10.9 Å². The highest BCUT2D eigenvalue weighted by Crippen LogP contribution is 2.39. The summed E-state index contributed by atoms with van der Waals surface area (Å²) >= 11 is 0. The Labute approximate surface area is 124 Å². The van der Waals surface area contributed by atoms with Crippen molar-refractivity contribution in [2.75, 3.05) is 0 Å². The summed E-state index contributed by atoms with van der Waals surface area (Å²) < 4.78 is 39.5. The smallest absolute Gasteiger partial charge is 0.385 e. The molecular formula is C16H16F3NO2. The van der Waals surface area contributed by atoms with Crippen LogP contribution in [-0.2, 0) is 11.8 Å². The molecule has 3 rings (SSSR count). The van der Waals surface area contributed by atoms with Crippen molar-refractivity contribution < 1.29 is 18.3 Å². The molecule has 0 unspecified atom stereocenters. The Morgan fingerprint density at radius 1 is 1.09 bits per heavy atom. The number of fused-ring (bicyclic) bond motifs is 1. The van der Waals surface area contributed by atoms with Crippen LogP contribution in [0.15, 0.2) is 29.1 Å². The van der Waals surface area contributed by atoms with E-state index in [0.717, 1.165) is 19.3 Å². The molecule has 0 radical (unpaired) electrons. The fraction of sp³-hybridized carbons (Fsp3) is 0.438. The van der Waals surface area contributed by atoms with Gasteiger partial charge in [-0.05, 0) is 30.5 Å². The number of alkyl halides is 3. The van der Waals surface area contributed by atoms with Crippen LogP contribution in [0.5, 0.6) is 0 Å². The molecule has 1 aromatic carbocycles. The van der Waals surface area contributed by atoms with Gasteiger partial charge < -0.3 is 10.1 Å². The van der Waals surface area contributed by atoms with Crippen molar-refractivity contribution in [3.63, 3.8) is 0 Å². The number of aromatic nitrogens is 1. The third-order valence-corrected chi connectivity index (χ3v) is 4.37. The molecule has 3 nitrogen and oxygen atoms in total. The van der Waals surface area contributed by atoms with Gasteiger partial charge in [0.1, 0.15) is 0 Å². The zero-order chi connectivity index (χ0) is 16.0. The molecular weight excluding hydrogens is 295 g/mol. The van der Waals surface area contributed by atoms with Gasteiger partial charge in [0.05, 0.1) is 11.2 Å². The Morgan fingerprint density at radius 3 is 2.41 bits per heavy atom. The van der Waals surface area contributed by atoms with Gasteiger partial charge in [0.15, 0.2) is 0 Å². The first-order valence-corrected chi connectivity index (χ1v) is 7.27. The molecule has 1 aliphatic rings. The van der Waals surface area contributed by atoms with Gasteiger partial charge in [-0.3, -0.25) is 4.79 Å². The van der Waals surface area contributed by atoms with E-state index in [-0.39, 0.29) is 10.9 Å². The SMILES string of the molecule is O=c1cc(C(F)(F)F)c2cc(C3(O)CCCCC3)ccc2[nH]1. The van der Waals surface area contributed by atoms with Crippen LogP contribution in [0.2, 0.25) is 0 Å². The Kier molecular flexibility index (Phi) is 3.51. The monoisotopic (exact) mass is 311 g/mol. The maximum atomic E-state index is 13.2. The molecule has 0 saturated heterocycles. The Balaban J connectivity index is 2.20. The molecule has 2 aromatic rings. The molecule has 1 aromatic heterocycles. The number of hydrogen-bond acceptors (Lipinski definition) is 2. The Bertz CT molecular complexity index is 758. The first-order valence-electron chi connectivity index (χ1n) is 7.27. The average Bonchev–Trinajstić information content (AvgIpc) is 2.45. The zero-order valence-electron chi connectivity index (χ0n) is 11.8. The van der Waals surface area contributed by atoms with Crippen LogP contribution >= 0.6 is 0 Å². The predicted molar refractivity (Wildman–Crippen MR) is 76.6 cm³/mol. The molecule has 6 heteroatoms. The number of hydrogen-bond donors (Lipinski definition) is 2. The van der Waals surface area contributed by atoms with E-state index in [1.165, 1.54) is 12.1 Å². The van der Waals surface area contributed by atoms with E-state index in [9.17, 15) is 23.1 Å². The third-order valence-electron chi connectivity index (χ3n) is 4.37. The lowest BCUT2D eigenvalue weighted by molar-refractivity contribution is -0.136. The fourth-order valence-corrected chi connectivity index (χ4v) is 3.20. The van der Waals surface area contributed by atoms with Crippen LogP contribution in [-0.4, -0.2) is 10.1 Å². The molecule has 1 fully saturated rings. The number of nitrogens with one attached hydrogen (secondary N) is 1. The maximum Gasteiger partial charge on any atom is 0.417 e. The van der Waals surface area contributed by atoms with Gasteiger partial charge >= 0.3 is 6.18 Å². The van der Waals surface area contributed by atoms with E-state index in [4.69, 9.17) is 0 Å². The summed E-state index contributed by atoms with van der Waals surface area (Å²) in [5.74, 6) is 0. The van der Waals surface area contributed by atoms with Crippen LogP contribution < -0.4 is 5.56 Å². The maximum absolute atomic E-state index is 13.2. The molecule has 0 atom stereocenters. The number of pyridine rings is 1. The van der Waals surface area contributed by atoms with Crippen LogP contribution in [0, 0.1) is 0 Å². The zero-order valence-corrected chi connectivity index (χ0v) is 11.8. The standard InChI is InChI=1S/C16H16F3NO2/c17-16(18,19)12-9-14(21)20-13-5-4-10(8-11(12)13)15(22)6-2-1-3-7-15/h4-5,8-9,22H,1-3,6-7H2,(H,20,21). The van der Waals surface area contributed by atoms with Crippen LogP contribution in [0.25, 0.3) is 10.9 Å². The van der Waals surface area contributed by atoms with E-state index < -0.39 is 22.9 Å². The first kappa shape index (κ1) is 15.1. The molecule has 1 aliphatic carbocycles. The highest BCUT2D eigenvalue weighted by molar-refractivity contribution is 5.83. The molecule has 0 aliphatic heterocycles. The van der Waals surface area contributed by atoms with Gasteiger partial charge in [-0.2, -0.15) is 13.2 Å². The summed E-state index contributed by atoms with van der Waals surface area (Å²) in [5, 5.41) is 10.6. The quantitative estimate of drug-likeness (QED) is 0.844. The van der Waals surface area contributed by atoms with E-state index in [0.29, 0.717) is 24.5 Å². The number of aromatic amines is 1. The molecule has 2 N–H and O–H groups in total. The van der Waals surface area contributed by atoms with Crippen molar-refractivity contribution in [3.8, 4) is 0 Å². The fourth-order valence-electron chi connectivity index (χ4n) is 3.20. The molecule has 0 spiro atoms. The summed E-state index contributed by atoms with van der Waals surface area (Å²) in [7, 11) is 0. The van der Waals surface area contributed by atoms with Gasteiger partial charge in [-0.25, -0.2) is 0 Å². The molecule has 1 saturated carbocycles. The number of benzene rings is 1. The predicted octanol–water partition coefficient (Wildman–Crippen LogP) is 3.70. The van der Waals surface area contributed by atoms with Crippen LogP contribution in [0.3, 0.4) is 0 Å². The van der Waals surface area contributed by atoms with Crippen LogP contribution in [0.4, 0.5) is 13.2 Å². The lowest BCUT2D eigenvalue weighted by Gasteiger charge is -2.32. The van der Waals surface area contributed by atoms with Gasteiger partial charge in [0, 0.05) is 17.0 Å². The van der Waals surface area contributed by atoms with Crippen molar-refractivity contribution in [2.45, 2.75) is 43.9 Å². The molecule has 1 heterocycles. The summed E-state index contributed by atoms with van der Waals surface area (Å²) in [4.78, 5) is 13.8. The van der Waals surface area contributed by atoms with Crippen molar-refractivity contribution in [1.82, 2.24) is 4.98 Å². The highest BCUT2D eigenvalue weighted by Gasteiger charge is 2.35. The summed E-state index contributed by atoms with van der Waals surface area (Å²) in [5.41, 5.74) is -2.22. The number of H-pyrrole nitrogens is 1. The number of halogens is 3. The normalized spacial score (nSPS) is 18.5. The second-order valence-corrected chi connectivity index (χ2v) is 5.90. The minimum absolute atomic E-state index is 0.0800. The Morgan fingerprint density at radius 2 is 1.77 bits per heavy atom. The summed E-state index contributed by atoms with van der Waals surface area (Å²) in [6.45, 7) is 0. The van der Waals surface area contributed by atoms with Crippen LogP contribution in [0.1, 0.15) is 43.2 Å². The van der Waals surface area contributed by atoms with Gasteiger partial charge in [0.25, 0.3) is 0 Å². The van der Waals surface area contributed by atoms with Gasteiger partial charge in [-0.1, -0.05) is 25.3 Å². The van der Waals surface area contributed by atoms with Crippen molar-refractivity contribution in [1.29, 1.82) is 0 Å². The van der Waals surface area contributed by atoms with E-state index in [1.54, 1.807) is 6.07 Å². The van der Waals surface area contributed by atoms with Gasteiger partial charge in [-0.15, -0.1) is 0 Å². The molecule has 22 heavy (non-hydrogen) atoms. The second kappa shape index (κ2) is 5.12. The largest absolute Gasteiger partial charge is 0.417 e. The molecule has 118 valence electrons. The average molecular weight is 311 g/mol. The molecule has 0 amide bonds. The minimum Gasteiger partial charge on any atom is -0.385 e. The topological polar surface area (TPSA) is 53.1 Å².